The van der Waals surface area contributed by atoms with Gasteiger partial charge in [0, 0.05) is 16.8 Å². The SMILES string of the molecule is Cc1nc2c(F)c(-c3ccc(C(F)(F)F)cc3F)nn2c(O)c1C(C)C. The molecule has 0 atom stereocenters. The quantitative estimate of drug-likeness (QED) is 0.657. The molecule has 0 aliphatic carbocycles. The van der Waals surface area contributed by atoms with Crippen LogP contribution in [-0.4, -0.2) is 19.7 Å². The van der Waals surface area contributed by atoms with Crippen LogP contribution in [0.2, 0.25) is 0 Å². The Hall–Kier alpha value is -2.71. The maximum atomic E-state index is 14.7. The molecule has 0 unspecified atom stereocenters. The van der Waals surface area contributed by atoms with E-state index in [0.29, 0.717) is 17.3 Å². The van der Waals surface area contributed by atoms with E-state index in [9.17, 15) is 27.1 Å². The van der Waals surface area contributed by atoms with Crippen LogP contribution in [0.5, 0.6) is 5.88 Å². The number of benzene rings is 1. The monoisotopic (exact) mass is 371 g/mol. The molecule has 1 aromatic carbocycles. The molecule has 0 amide bonds. The van der Waals surface area contributed by atoms with Gasteiger partial charge >= 0.3 is 6.18 Å². The number of hydrogen-bond acceptors (Lipinski definition) is 3. The first-order valence-electron chi connectivity index (χ1n) is 7.67. The molecule has 1 N–H and O–H groups in total. The van der Waals surface area contributed by atoms with Gasteiger partial charge in [-0.1, -0.05) is 13.8 Å². The van der Waals surface area contributed by atoms with Crippen LogP contribution in [0.1, 0.15) is 36.6 Å². The summed E-state index contributed by atoms with van der Waals surface area (Å²) in [6.07, 6.45) is -4.72. The largest absolute Gasteiger partial charge is 0.493 e. The average molecular weight is 371 g/mol. The van der Waals surface area contributed by atoms with Gasteiger partial charge in [0.2, 0.25) is 5.88 Å². The molecule has 26 heavy (non-hydrogen) atoms. The lowest BCUT2D eigenvalue weighted by Crippen LogP contribution is -2.05. The van der Waals surface area contributed by atoms with Crippen LogP contribution < -0.4 is 0 Å². The summed E-state index contributed by atoms with van der Waals surface area (Å²) >= 11 is 0. The van der Waals surface area contributed by atoms with Crippen LogP contribution >= 0.6 is 0 Å². The van der Waals surface area contributed by atoms with Crippen molar-refractivity contribution in [3.8, 4) is 17.1 Å². The molecular weight excluding hydrogens is 357 g/mol. The molecule has 0 radical (unpaired) electrons. The van der Waals surface area contributed by atoms with Gasteiger partial charge < -0.3 is 5.11 Å². The van der Waals surface area contributed by atoms with Crippen molar-refractivity contribution in [3.05, 3.63) is 46.7 Å². The van der Waals surface area contributed by atoms with Crippen molar-refractivity contribution in [1.29, 1.82) is 0 Å². The first-order chi connectivity index (χ1) is 12.0. The Morgan fingerprint density at radius 3 is 2.35 bits per heavy atom. The van der Waals surface area contributed by atoms with Crippen molar-refractivity contribution in [1.82, 2.24) is 14.6 Å². The number of nitrogens with zero attached hydrogens (tertiary/aromatic N) is 3. The molecule has 3 rings (SSSR count). The summed E-state index contributed by atoms with van der Waals surface area (Å²) in [5, 5.41) is 14.2. The first kappa shape index (κ1) is 18.1. The summed E-state index contributed by atoms with van der Waals surface area (Å²) in [5.41, 5.74) is -1.69. The number of aryl methyl sites for hydroxylation is 1. The van der Waals surface area contributed by atoms with Gasteiger partial charge in [0.1, 0.15) is 11.5 Å². The van der Waals surface area contributed by atoms with Gasteiger partial charge in [0.05, 0.1) is 5.56 Å². The highest BCUT2D eigenvalue weighted by molar-refractivity contribution is 5.67. The minimum Gasteiger partial charge on any atom is -0.493 e. The molecule has 0 fully saturated rings. The predicted octanol–water partition coefficient (Wildman–Crippen LogP) is 4.83. The second kappa shape index (κ2) is 5.93. The molecule has 9 heteroatoms. The molecular formula is C17H14F5N3O. The highest BCUT2D eigenvalue weighted by Crippen LogP contribution is 2.35. The van der Waals surface area contributed by atoms with Crippen LogP contribution in [0.15, 0.2) is 18.2 Å². The Balaban J connectivity index is 2.24. The van der Waals surface area contributed by atoms with Crippen molar-refractivity contribution < 1.29 is 27.1 Å². The van der Waals surface area contributed by atoms with Crippen molar-refractivity contribution in [2.75, 3.05) is 0 Å². The van der Waals surface area contributed by atoms with E-state index < -0.39 is 34.6 Å². The molecule has 0 saturated heterocycles. The van der Waals surface area contributed by atoms with E-state index in [1.807, 2.05) is 0 Å². The van der Waals surface area contributed by atoms with E-state index in [-0.39, 0.29) is 23.5 Å². The maximum absolute atomic E-state index is 14.7. The fraction of sp³-hybridized carbons (Fsp3) is 0.294. The summed E-state index contributed by atoms with van der Waals surface area (Å²) in [4.78, 5) is 4.05. The fourth-order valence-electron chi connectivity index (χ4n) is 2.86. The average Bonchev–Trinajstić information content (AvgIpc) is 2.83. The smallest absolute Gasteiger partial charge is 0.416 e. The minimum absolute atomic E-state index is 0.134. The summed E-state index contributed by atoms with van der Waals surface area (Å²) in [6, 6.07) is 1.72. The minimum atomic E-state index is -4.72. The van der Waals surface area contributed by atoms with Crippen LogP contribution in [-0.2, 0) is 6.18 Å². The van der Waals surface area contributed by atoms with Gasteiger partial charge in [-0.25, -0.2) is 13.8 Å². The molecule has 138 valence electrons. The van der Waals surface area contributed by atoms with Crippen molar-refractivity contribution in [2.45, 2.75) is 32.9 Å². The van der Waals surface area contributed by atoms with Gasteiger partial charge in [-0.2, -0.15) is 22.8 Å². The predicted molar refractivity (Wildman–Crippen MR) is 83.8 cm³/mol. The Labute approximate surface area is 144 Å². The third kappa shape index (κ3) is 2.77. The van der Waals surface area contributed by atoms with E-state index >= 15 is 0 Å². The summed E-state index contributed by atoms with van der Waals surface area (Å²) in [5.74, 6) is -2.79. The number of aromatic nitrogens is 3. The van der Waals surface area contributed by atoms with E-state index in [1.54, 1.807) is 20.8 Å². The Morgan fingerprint density at radius 2 is 1.81 bits per heavy atom. The normalized spacial score (nSPS) is 12.3. The Morgan fingerprint density at radius 1 is 1.15 bits per heavy atom. The van der Waals surface area contributed by atoms with Crippen molar-refractivity contribution >= 4 is 5.65 Å². The molecule has 2 aromatic heterocycles. The molecule has 3 aromatic rings. The first-order valence-corrected chi connectivity index (χ1v) is 7.67. The molecule has 0 aliphatic rings. The lowest BCUT2D eigenvalue weighted by Gasteiger charge is -2.11. The maximum Gasteiger partial charge on any atom is 0.416 e. The van der Waals surface area contributed by atoms with Gasteiger partial charge in [0.15, 0.2) is 11.5 Å². The third-order valence-electron chi connectivity index (χ3n) is 4.04. The highest BCUT2D eigenvalue weighted by atomic mass is 19.4. The lowest BCUT2D eigenvalue weighted by atomic mass is 10.0. The second-order valence-corrected chi connectivity index (χ2v) is 6.18. The molecule has 2 heterocycles. The molecule has 4 nitrogen and oxygen atoms in total. The summed E-state index contributed by atoms with van der Waals surface area (Å²) in [7, 11) is 0. The van der Waals surface area contributed by atoms with E-state index in [0.717, 1.165) is 10.6 Å². The molecule has 0 bridgehead atoms. The summed E-state index contributed by atoms with van der Waals surface area (Å²) < 4.78 is 67.7. The Kier molecular flexibility index (Phi) is 4.12. The number of halogens is 5. The van der Waals surface area contributed by atoms with Crippen LogP contribution in [0.3, 0.4) is 0 Å². The van der Waals surface area contributed by atoms with E-state index in [4.69, 9.17) is 0 Å². The standard InChI is InChI=1S/C17H14F5N3O/c1-7(2)12-8(3)23-15-13(19)14(24-25(15)16(12)26)10-5-4-9(6-11(10)18)17(20,21)22/h4-7,26H,1-3H3. The van der Waals surface area contributed by atoms with Crippen molar-refractivity contribution in [3.63, 3.8) is 0 Å². The van der Waals surface area contributed by atoms with Crippen LogP contribution in [0, 0.1) is 18.6 Å². The van der Waals surface area contributed by atoms with Crippen LogP contribution in [0.4, 0.5) is 22.0 Å². The summed E-state index contributed by atoms with van der Waals surface area (Å²) in [6.45, 7) is 5.18. The number of rotatable bonds is 2. The van der Waals surface area contributed by atoms with E-state index in [2.05, 4.69) is 10.1 Å². The zero-order chi connectivity index (χ0) is 19.4. The van der Waals surface area contributed by atoms with E-state index in [1.165, 1.54) is 0 Å². The van der Waals surface area contributed by atoms with Gasteiger partial charge in [-0.05, 0) is 31.0 Å². The molecule has 0 aliphatic heterocycles. The highest BCUT2D eigenvalue weighted by Gasteiger charge is 2.32. The Bertz CT molecular complexity index is 1010. The second-order valence-electron chi connectivity index (χ2n) is 6.18. The number of hydrogen-bond donors (Lipinski definition) is 1. The van der Waals surface area contributed by atoms with Gasteiger partial charge in [-0.15, -0.1) is 0 Å². The topological polar surface area (TPSA) is 50.4 Å². The zero-order valence-corrected chi connectivity index (χ0v) is 14.0. The number of fused-ring (bicyclic) bond motifs is 1. The fourth-order valence-corrected chi connectivity index (χ4v) is 2.86. The van der Waals surface area contributed by atoms with Gasteiger partial charge in [0.25, 0.3) is 0 Å². The number of alkyl halides is 3. The number of aromatic hydroxyl groups is 1. The molecule has 0 saturated carbocycles. The molecule has 0 spiro atoms. The van der Waals surface area contributed by atoms with Crippen LogP contribution in [0.25, 0.3) is 16.9 Å². The zero-order valence-electron chi connectivity index (χ0n) is 14.0. The lowest BCUT2D eigenvalue weighted by molar-refractivity contribution is -0.137. The van der Waals surface area contributed by atoms with Gasteiger partial charge in [-0.3, -0.25) is 0 Å². The third-order valence-corrected chi connectivity index (χ3v) is 4.04. The van der Waals surface area contributed by atoms with Crippen molar-refractivity contribution in [2.24, 2.45) is 0 Å².